The predicted octanol–water partition coefficient (Wildman–Crippen LogP) is 4.03. The molecular formula is C20H20N2O4S. The van der Waals surface area contributed by atoms with Crippen molar-refractivity contribution in [2.24, 2.45) is 4.99 Å². The zero-order valence-electron chi connectivity index (χ0n) is 15.3. The van der Waals surface area contributed by atoms with Crippen molar-refractivity contribution < 1.29 is 19.4 Å². The van der Waals surface area contributed by atoms with Crippen LogP contribution in [0.4, 0.5) is 5.69 Å². The van der Waals surface area contributed by atoms with Crippen LogP contribution in [0.15, 0.2) is 52.4 Å². The van der Waals surface area contributed by atoms with Crippen molar-refractivity contribution in [1.82, 2.24) is 4.90 Å². The molecule has 27 heavy (non-hydrogen) atoms. The molecule has 0 aliphatic carbocycles. The second kappa shape index (κ2) is 8.18. The number of amidine groups is 1. The minimum absolute atomic E-state index is 0.0171. The van der Waals surface area contributed by atoms with Crippen LogP contribution in [0.2, 0.25) is 0 Å². The number of phenolic OH excluding ortho intramolecular Hbond substituents is 1. The molecular weight excluding hydrogens is 364 g/mol. The van der Waals surface area contributed by atoms with Crippen LogP contribution in [0.3, 0.4) is 0 Å². The number of rotatable bonds is 5. The van der Waals surface area contributed by atoms with Gasteiger partial charge in [0.05, 0.1) is 24.3 Å². The summed E-state index contributed by atoms with van der Waals surface area (Å²) in [7, 11) is 3.28. The third-order valence-corrected chi connectivity index (χ3v) is 4.98. The standard InChI is InChI=1S/C20H20N2O4S/c1-4-26-16-7-5-6-13(18(16)23)12-17-19(24)22(2)20(27-17)21-14-8-10-15(25-3)11-9-14/h5-12,23H,4H2,1-3H3. The van der Waals surface area contributed by atoms with Crippen LogP contribution in [0.5, 0.6) is 17.2 Å². The van der Waals surface area contributed by atoms with Gasteiger partial charge in [0.2, 0.25) is 0 Å². The number of hydrogen-bond donors (Lipinski definition) is 1. The van der Waals surface area contributed by atoms with E-state index in [2.05, 4.69) is 4.99 Å². The Balaban J connectivity index is 1.88. The van der Waals surface area contributed by atoms with E-state index in [-0.39, 0.29) is 11.7 Å². The molecule has 0 aromatic heterocycles. The van der Waals surface area contributed by atoms with Crippen LogP contribution in [0.25, 0.3) is 6.08 Å². The van der Waals surface area contributed by atoms with Crippen molar-refractivity contribution in [3.8, 4) is 17.2 Å². The molecule has 0 unspecified atom stereocenters. The van der Waals surface area contributed by atoms with Gasteiger partial charge in [0.1, 0.15) is 5.75 Å². The second-order valence-electron chi connectivity index (χ2n) is 5.69. The van der Waals surface area contributed by atoms with E-state index in [0.717, 1.165) is 11.4 Å². The Morgan fingerprint density at radius 2 is 1.96 bits per heavy atom. The highest BCUT2D eigenvalue weighted by Crippen LogP contribution is 2.37. The fraction of sp³-hybridized carbons (Fsp3) is 0.200. The summed E-state index contributed by atoms with van der Waals surface area (Å²) in [5, 5.41) is 10.9. The summed E-state index contributed by atoms with van der Waals surface area (Å²) >= 11 is 1.26. The number of ether oxygens (including phenoxy) is 2. The van der Waals surface area contributed by atoms with Crippen molar-refractivity contribution >= 4 is 34.6 Å². The number of phenols is 1. The average Bonchev–Trinajstić information content (AvgIpc) is 2.93. The Bertz CT molecular complexity index is 907. The van der Waals surface area contributed by atoms with Crippen molar-refractivity contribution in [3.63, 3.8) is 0 Å². The Labute approximate surface area is 162 Å². The summed E-state index contributed by atoms with van der Waals surface area (Å²) in [5.41, 5.74) is 1.25. The lowest BCUT2D eigenvalue weighted by Gasteiger charge is -2.08. The first-order valence-electron chi connectivity index (χ1n) is 8.38. The first kappa shape index (κ1) is 18.8. The van der Waals surface area contributed by atoms with Gasteiger partial charge in [-0.3, -0.25) is 9.69 Å². The number of carbonyl (C=O) groups excluding carboxylic acids is 1. The zero-order chi connectivity index (χ0) is 19.4. The molecule has 2 aromatic carbocycles. The fourth-order valence-electron chi connectivity index (χ4n) is 2.49. The number of hydrogen-bond acceptors (Lipinski definition) is 6. The molecule has 1 fully saturated rings. The van der Waals surface area contributed by atoms with E-state index in [1.807, 2.05) is 31.2 Å². The van der Waals surface area contributed by atoms with Gasteiger partial charge in [-0.05, 0) is 55.1 Å². The maximum Gasteiger partial charge on any atom is 0.266 e. The van der Waals surface area contributed by atoms with Gasteiger partial charge in [-0.25, -0.2) is 4.99 Å². The molecule has 7 heteroatoms. The second-order valence-corrected chi connectivity index (χ2v) is 6.70. The van der Waals surface area contributed by atoms with Crippen molar-refractivity contribution in [1.29, 1.82) is 0 Å². The van der Waals surface area contributed by atoms with Crippen LogP contribution in [-0.2, 0) is 4.79 Å². The lowest BCUT2D eigenvalue weighted by molar-refractivity contribution is -0.121. The largest absolute Gasteiger partial charge is 0.504 e. The number of thioether (sulfide) groups is 1. The summed E-state index contributed by atoms with van der Waals surface area (Å²) in [6.07, 6.45) is 1.65. The van der Waals surface area contributed by atoms with Crippen molar-refractivity contribution in [2.75, 3.05) is 20.8 Å². The predicted molar refractivity (Wildman–Crippen MR) is 108 cm³/mol. The minimum atomic E-state index is -0.173. The number of likely N-dealkylation sites (N-methyl/N-ethyl adjacent to an activating group) is 1. The van der Waals surface area contributed by atoms with Crippen LogP contribution in [0, 0.1) is 0 Å². The molecule has 0 spiro atoms. The Hall–Kier alpha value is -2.93. The number of aliphatic imine (C=N–C) groups is 1. The first-order valence-corrected chi connectivity index (χ1v) is 9.20. The van der Waals surface area contributed by atoms with Gasteiger partial charge < -0.3 is 14.6 Å². The maximum absolute atomic E-state index is 12.6. The summed E-state index contributed by atoms with van der Waals surface area (Å²) in [5.74, 6) is 0.979. The number of methoxy groups -OCH3 is 1. The number of nitrogens with zero attached hydrogens (tertiary/aromatic N) is 2. The smallest absolute Gasteiger partial charge is 0.266 e. The molecule has 2 aromatic rings. The van der Waals surface area contributed by atoms with E-state index < -0.39 is 0 Å². The SMILES string of the molecule is CCOc1cccc(C=C2SC(=Nc3ccc(OC)cc3)N(C)C2=O)c1O. The summed E-state index contributed by atoms with van der Waals surface area (Å²) < 4.78 is 10.5. The normalized spacial score (nSPS) is 17.0. The highest BCUT2D eigenvalue weighted by atomic mass is 32.2. The van der Waals surface area contributed by atoms with E-state index in [1.165, 1.54) is 16.7 Å². The van der Waals surface area contributed by atoms with E-state index in [0.29, 0.717) is 28.0 Å². The van der Waals surface area contributed by atoms with E-state index in [1.54, 1.807) is 38.4 Å². The number of para-hydroxylation sites is 1. The van der Waals surface area contributed by atoms with E-state index in [9.17, 15) is 9.90 Å². The lowest BCUT2D eigenvalue weighted by atomic mass is 10.1. The molecule has 0 bridgehead atoms. The molecule has 1 N–H and O–H groups in total. The van der Waals surface area contributed by atoms with Crippen LogP contribution in [-0.4, -0.2) is 41.8 Å². The van der Waals surface area contributed by atoms with Gasteiger partial charge in [0.25, 0.3) is 5.91 Å². The third kappa shape index (κ3) is 4.09. The maximum atomic E-state index is 12.6. The molecule has 1 aliphatic rings. The molecule has 6 nitrogen and oxygen atoms in total. The molecule has 1 heterocycles. The quantitative estimate of drug-likeness (QED) is 0.788. The van der Waals surface area contributed by atoms with Gasteiger partial charge in [0.15, 0.2) is 16.7 Å². The molecule has 0 atom stereocenters. The number of benzene rings is 2. The summed E-state index contributed by atoms with van der Waals surface area (Å²) in [6.45, 7) is 2.29. The van der Waals surface area contributed by atoms with Gasteiger partial charge in [-0.15, -0.1) is 0 Å². The Morgan fingerprint density at radius 3 is 2.63 bits per heavy atom. The molecule has 1 amide bonds. The Kier molecular flexibility index (Phi) is 5.71. The molecule has 140 valence electrons. The third-order valence-electron chi connectivity index (χ3n) is 3.92. The lowest BCUT2D eigenvalue weighted by Crippen LogP contribution is -2.23. The monoisotopic (exact) mass is 384 g/mol. The average molecular weight is 384 g/mol. The van der Waals surface area contributed by atoms with Gasteiger partial charge in [-0.1, -0.05) is 12.1 Å². The van der Waals surface area contributed by atoms with Crippen LogP contribution < -0.4 is 9.47 Å². The molecule has 1 saturated heterocycles. The Morgan fingerprint density at radius 1 is 1.22 bits per heavy atom. The van der Waals surface area contributed by atoms with Crippen LogP contribution in [0.1, 0.15) is 12.5 Å². The van der Waals surface area contributed by atoms with Gasteiger partial charge >= 0.3 is 0 Å². The summed E-state index contributed by atoms with van der Waals surface area (Å²) in [6, 6.07) is 12.5. The summed E-state index contributed by atoms with van der Waals surface area (Å²) in [4.78, 5) is 19.1. The zero-order valence-corrected chi connectivity index (χ0v) is 16.1. The van der Waals surface area contributed by atoms with Gasteiger partial charge in [0, 0.05) is 12.6 Å². The van der Waals surface area contributed by atoms with Crippen LogP contribution >= 0.6 is 11.8 Å². The first-order chi connectivity index (χ1) is 13.0. The molecule has 0 radical (unpaired) electrons. The number of aromatic hydroxyl groups is 1. The topological polar surface area (TPSA) is 71.4 Å². The highest BCUT2D eigenvalue weighted by molar-refractivity contribution is 8.18. The fourth-order valence-corrected chi connectivity index (χ4v) is 3.47. The number of carbonyl (C=O) groups is 1. The molecule has 1 aliphatic heterocycles. The highest BCUT2D eigenvalue weighted by Gasteiger charge is 2.30. The van der Waals surface area contributed by atoms with E-state index in [4.69, 9.17) is 9.47 Å². The van der Waals surface area contributed by atoms with Gasteiger partial charge in [-0.2, -0.15) is 0 Å². The van der Waals surface area contributed by atoms with Crippen molar-refractivity contribution in [2.45, 2.75) is 6.92 Å². The molecule has 3 rings (SSSR count). The number of amides is 1. The molecule has 0 saturated carbocycles. The minimum Gasteiger partial charge on any atom is -0.504 e. The van der Waals surface area contributed by atoms with Crippen molar-refractivity contribution in [3.05, 3.63) is 52.9 Å². The van der Waals surface area contributed by atoms with E-state index >= 15 is 0 Å².